The molecule has 16 heavy (non-hydrogen) atoms. The minimum Gasteiger partial charge on any atom is -0.335 e. The van der Waals surface area contributed by atoms with Crippen molar-refractivity contribution >= 4 is 0 Å². The maximum atomic E-state index is 5.50. The molecule has 2 aromatic rings. The van der Waals surface area contributed by atoms with Crippen LogP contribution < -0.4 is 5.73 Å². The lowest BCUT2D eigenvalue weighted by Crippen LogP contribution is -2.07. The summed E-state index contributed by atoms with van der Waals surface area (Å²) >= 11 is 0. The molecular weight excluding hydrogens is 204 g/mol. The van der Waals surface area contributed by atoms with Crippen molar-refractivity contribution < 1.29 is 0 Å². The van der Waals surface area contributed by atoms with Gasteiger partial charge < -0.3 is 14.9 Å². The minimum absolute atomic E-state index is 0.619. The molecule has 6 nitrogen and oxygen atoms in total. The predicted molar refractivity (Wildman–Crippen MR) is 58.6 cm³/mol. The van der Waals surface area contributed by atoms with E-state index in [1.54, 1.807) is 6.33 Å². The van der Waals surface area contributed by atoms with Gasteiger partial charge in [-0.1, -0.05) is 0 Å². The molecule has 0 atom stereocenters. The SMILES string of the molecule is NCCn1cnc(-c2nnc3n2CCC3)c1. The second-order valence-corrected chi connectivity index (χ2v) is 3.98. The lowest BCUT2D eigenvalue weighted by molar-refractivity contribution is 0.707. The van der Waals surface area contributed by atoms with Gasteiger partial charge in [0.25, 0.3) is 0 Å². The average Bonchev–Trinajstić information content (AvgIpc) is 2.90. The second-order valence-electron chi connectivity index (χ2n) is 3.98. The fraction of sp³-hybridized carbons (Fsp3) is 0.500. The molecule has 0 spiro atoms. The van der Waals surface area contributed by atoms with Crippen LogP contribution in [0.3, 0.4) is 0 Å². The highest BCUT2D eigenvalue weighted by Crippen LogP contribution is 2.21. The molecule has 0 saturated heterocycles. The molecule has 1 aliphatic rings. The van der Waals surface area contributed by atoms with E-state index in [1.807, 2.05) is 10.8 Å². The Bertz CT molecular complexity index is 497. The molecule has 84 valence electrons. The number of imidazole rings is 1. The van der Waals surface area contributed by atoms with E-state index in [4.69, 9.17) is 5.73 Å². The molecule has 0 fully saturated rings. The van der Waals surface area contributed by atoms with Crippen molar-refractivity contribution in [1.82, 2.24) is 24.3 Å². The van der Waals surface area contributed by atoms with Crippen LogP contribution in [-0.2, 0) is 19.5 Å². The molecule has 0 amide bonds. The van der Waals surface area contributed by atoms with Crippen LogP contribution in [0.5, 0.6) is 0 Å². The lowest BCUT2D eigenvalue weighted by Gasteiger charge is -1.98. The van der Waals surface area contributed by atoms with E-state index < -0.39 is 0 Å². The van der Waals surface area contributed by atoms with Crippen LogP contribution in [0.25, 0.3) is 11.5 Å². The highest BCUT2D eigenvalue weighted by molar-refractivity contribution is 5.48. The summed E-state index contributed by atoms with van der Waals surface area (Å²) in [7, 11) is 0. The second kappa shape index (κ2) is 3.71. The minimum atomic E-state index is 0.619. The van der Waals surface area contributed by atoms with E-state index in [2.05, 4.69) is 19.7 Å². The van der Waals surface area contributed by atoms with Crippen molar-refractivity contribution in [2.45, 2.75) is 25.9 Å². The van der Waals surface area contributed by atoms with E-state index in [-0.39, 0.29) is 0 Å². The van der Waals surface area contributed by atoms with Crippen molar-refractivity contribution in [3.63, 3.8) is 0 Å². The fourth-order valence-corrected chi connectivity index (χ4v) is 2.09. The number of nitrogens with zero attached hydrogens (tertiary/aromatic N) is 5. The van der Waals surface area contributed by atoms with Gasteiger partial charge in [-0.15, -0.1) is 10.2 Å². The first kappa shape index (κ1) is 9.53. The van der Waals surface area contributed by atoms with Gasteiger partial charge in [-0.3, -0.25) is 0 Å². The van der Waals surface area contributed by atoms with Gasteiger partial charge in [-0.25, -0.2) is 4.98 Å². The van der Waals surface area contributed by atoms with E-state index in [9.17, 15) is 0 Å². The van der Waals surface area contributed by atoms with Crippen molar-refractivity contribution in [1.29, 1.82) is 0 Å². The lowest BCUT2D eigenvalue weighted by atomic mass is 10.4. The van der Waals surface area contributed by atoms with Crippen LogP contribution in [0.15, 0.2) is 12.5 Å². The van der Waals surface area contributed by atoms with Gasteiger partial charge >= 0.3 is 0 Å². The molecule has 0 aliphatic carbocycles. The summed E-state index contributed by atoms with van der Waals surface area (Å²) in [6.07, 6.45) is 5.94. The van der Waals surface area contributed by atoms with Crippen LogP contribution >= 0.6 is 0 Å². The number of hydrogen-bond acceptors (Lipinski definition) is 4. The Hall–Kier alpha value is -1.69. The third-order valence-corrected chi connectivity index (χ3v) is 2.86. The number of aromatic nitrogens is 5. The monoisotopic (exact) mass is 218 g/mol. The Labute approximate surface area is 93.1 Å². The third-order valence-electron chi connectivity index (χ3n) is 2.86. The summed E-state index contributed by atoms with van der Waals surface area (Å²) in [5, 5.41) is 8.35. The van der Waals surface area contributed by atoms with E-state index in [1.165, 1.54) is 0 Å². The molecule has 0 unspecified atom stereocenters. The van der Waals surface area contributed by atoms with Gasteiger partial charge in [0.05, 0.1) is 6.33 Å². The van der Waals surface area contributed by atoms with Crippen LogP contribution in [-0.4, -0.2) is 30.9 Å². The predicted octanol–water partition coefficient (Wildman–Crippen LogP) is 0.0465. The van der Waals surface area contributed by atoms with Crippen molar-refractivity contribution in [3.05, 3.63) is 18.3 Å². The third kappa shape index (κ3) is 1.42. The van der Waals surface area contributed by atoms with Crippen molar-refractivity contribution in [3.8, 4) is 11.5 Å². The summed E-state index contributed by atoms with van der Waals surface area (Å²) in [4.78, 5) is 4.34. The molecule has 1 aliphatic heterocycles. The standard InChI is InChI=1S/C10H14N6/c11-3-5-15-6-8(12-7-15)10-14-13-9-2-1-4-16(9)10/h6-7H,1-5,11H2. The molecule has 0 radical (unpaired) electrons. The van der Waals surface area contributed by atoms with Gasteiger partial charge in [-0.05, 0) is 6.42 Å². The fourth-order valence-electron chi connectivity index (χ4n) is 2.09. The zero-order valence-corrected chi connectivity index (χ0v) is 9.00. The quantitative estimate of drug-likeness (QED) is 0.789. The average molecular weight is 218 g/mol. The Morgan fingerprint density at radius 3 is 3.19 bits per heavy atom. The number of rotatable bonds is 3. The first-order valence-electron chi connectivity index (χ1n) is 5.53. The van der Waals surface area contributed by atoms with Crippen LogP contribution in [0, 0.1) is 0 Å². The van der Waals surface area contributed by atoms with Gasteiger partial charge in [0.1, 0.15) is 11.5 Å². The molecule has 3 heterocycles. The van der Waals surface area contributed by atoms with Crippen LogP contribution in [0.1, 0.15) is 12.2 Å². The Balaban J connectivity index is 1.95. The summed E-state index contributed by atoms with van der Waals surface area (Å²) in [6, 6.07) is 0. The van der Waals surface area contributed by atoms with Crippen LogP contribution in [0.2, 0.25) is 0 Å². The van der Waals surface area contributed by atoms with E-state index in [0.717, 1.165) is 43.3 Å². The van der Waals surface area contributed by atoms with Crippen LogP contribution in [0.4, 0.5) is 0 Å². The topological polar surface area (TPSA) is 74.6 Å². The number of nitrogens with two attached hydrogens (primary N) is 1. The van der Waals surface area contributed by atoms with Gasteiger partial charge in [-0.2, -0.15) is 0 Å². The highest BCUT2D eigenvalue weighted by atomic mass is 15.3. The zero-order valence-electron chi connectivity index (χ0n) is 9.00. The van der Waals surface area contributed by atoms with E-state index in [0.29, 0.717) is 6.54 Å². The Morgan fingerprint density at radius 1 is 1.38 bits per heavy atom. The summed E-state index contributed by atoms with van der Waals surface area (Å²) in [5.41, 5.74) is 6.38. The van der Waals surface area contributed by atoms with Crippen molar-refractivity contribution in [2.24, 2.45) is 5.73 Å². The number of aryl methyl sites for hydroxylation is 1. The largest absolute Gasteiger partial charge is 0.335 e. The summed E-state index contributed by atoms with van der Waals surface area (Å²) in [6.45, 7) is 2.41. The highest BCUT2D eigenvalue weighted by Gasteiger charge is 2.19. The zero-order chi connectivity index (χ0) is 11.0. The Kier molecular flexibility index (Phi) is 2.21. The number of fused-ring (bicyclic) bond motifs is 1. The van der Waals surface area contributed by atoms with Crippen molar-refractivity contribution in [2.75, 3.05) is 6.54 Å². The molecule has 3 rings (SSSR count). The smallest absolute Gasteiger partial charge is 0.184 e. The molecular formula is C10H14N6. The first-order valence-corrected chi connectivity index (χ1v) is 5.53. The maximum absolute atomic E-state index is 5.50. The van der Waals surface area contributed by atoms with E-state index >= 15 is 0 Å². The van der Waals surface area contributed by atoms with Gasteiger partial charge in [0.15, 0.2) is 5.82 Å². The molecule has 0 saturated carbocycles. The summed E-state index contributed by atoms with van der Waals surface area (Å²) < 4.78 is 4.13. The molecule has 0 aromatic carbocycles. The first-order chi connectivity index (χ1) is 7.88. The molecule has 2 N–H and O–H groups in total. The van der Waals surface area contributed by atoms with Gasteiger partial charge in [0.2, 0.25) is 0 Å². The molecule has 2 aromatic heterocycles. The van der Waals surface area contributed by atoms with Gasteiger partial charge in [0, 0.05) is 32.3 Å². The molecule has 0 bridgehead atoms. The summed E-state index contributed by atoms with van der Waals surface area (Å²) in [5.74, 6) is 1.95. The maximum Gasteiger partial charge on any atom is 0.184 e. The normalized spacial score (nSPS) is 14.3. The Morgan fingerprint density at radius 2 is 2.31 bits per heavy atom. The molecule has 6 heteroatoms. The number of hydrogen-bond donors (Lipinski definition) is 1.